The van der Waals surface area contributed by atoms with E-state index in [2.05, 4.69) is 15.3 Å². The third-order valence-corrected chi connectivity index (χ3v) is 7.18. The molecule has 3 aromatic heterocycles. The molecule has 0 aliphatic heterocycles. The molecule has 4 aliphatic rings. The number of nitrogens with two attached hydrogens (primary N) is 1. The molecule has 2 amide bonds. The van der Waals surface area contributed by atoms with Crippen LogP contribution in [0.2, 0.25) is 0 Å². The molecule has 0 saturated heterocycles. The lowest BCUT2D eigenvalue weighted by molar-refractivity contribution is -0.148. The number of carbonyl (C=O) groups is 2. The number of primary amides is 1. The van der Waals surface area contributed by atoms with Gasteiger partial charge in [0.15, 0.2) is 5.82 Å². The Morgan fingerprint density at radius 2 is 2.00 bits per heavy atom. The zero-order valence-electron chi connectivity index (χ0n) is 15.8. The van der Waals surface area contributed by atoms with Crippen LogP contribution in [-0.2, 0) is 9.59 Å². The molecular weight excluding hydrogens is 372 g/mol. The topological polar surface area (TPSA) is 139 Å². The van der Waals surface area contributed by atoms with Crippen LogP contribution in [0.4, 0.5) is 5.82 Å². The van der Waals surface area contributed by atoms with E-state index in [-0.39, 0.29) is 6.04 Å². The van der Waals surface area contributed by atoms with Gasteiger partial charge in [-0.25, -0.2) is 4.98 Å². The van der Waals surface area contributed by atoms with Gasteiger partial charge in [-0.05, 0) is 55.9 Å². The average Bonchev–Trinajstić information content (AvgIpc) is 3.24. The van der Waals surface area contributed by atoms with Crippen LogP contribution in [0.1, 0.15) is 38.1 Å². The largest absolute Gasteiger partial charge is 0.390 e. The second-order valence-corrected chi connectivity index (χ2v) is 9.06. The summed E-state index contributed by atoms with van der Waals surface area (Å²) in [6, 6.07) is 2.10. The third kappa shape index (κ3) is 2.37. The van der Waals surface area contributed by atoms with E-state index in [1.807, 2.05) is 16.9 Å². The van der Waals surface area contributed by atoms with Gasteiger partial charge in [0.05, 0.1) is 22.5 Å². The number of aromatic nitrogens is 4. The highest BCUT2D eigenvalue weighted by Crippen LogP contribution is 2.60. The van der Waals surface area contributed by atoms with Crippen molar-refractivity contribution in [3.63, 3.8) is 0 Å². The standard InChI is InChI=1S/C20H22N6O3/c21-16(27)19(28)24-18-13-8-23-17-12(1-2-22-17)15(13)26(25-18)14-10-3-9-4-11(14)7-20(29,5-9)6-10/h1-2,8-11,14,29H,3-7H2,(H2,21,27)(H,22,23)(H,24,25,28)/t9?,10-,11+,14+,20-. The SMILES string of the molecule is NC(=O)C(=O)Nc1nn([C@H]2[C@@H]3CC4C[C@H]2C[C@@](O)(C4)C3)c2c1cnc1[nH]ccc12. The number of rotatable bonds is 2. The van der Waals surface area contributed by atoms with Crippen LogP contribution in [0.5, 0.6) is 0 Å². The lowest BCUT2D eigenvalue weighted by Crippen LogP contribution is -2.55. The summed E-state index contributed by atoms with van der Waals surface area (Å²) in [6.45, 7) is 0. The highest BCUT2D eigenvalue weighted by molar-refractivity contribution is 6.39. The van der Waals surface area contributed by atoms with Crippen LogP contribution in [-0.4, -0.2) is 42.3 Å². The molecule has 3 aromatic rings. The average molecular weight is 394 g/mol. The Morgan fingerprint density at radius 1 is 1.24 bits per heavy atom. The normalized spacial score (nSPS) is 32.9. The third-order valence-electron chi connectivity index (χ3n) is 7.18. The van der Waals surface area contributed by atoms with E-state index in [1.165, 1.54) is 0 Å². The monoisotopic (exact) mass is 394 g/mol. The number of amides is 2. The summed E-state index contributed by atoms with van der Waals surface area (Å²) in [7, 11) is 0. The van der Waals surface area contributed by atoms with Crippen LogP contribution < -0.4 is 11.1 Å². The van der Waals surface area contributed by atoms with E-state index in [0.29, 0.717) is 29.0 Å². The second kappa shape index (κ2) is 5.56. The highest BCUT2D eigenvalue weighted by atomic mass is 16.3. The van der Waals surface area contributed by atoms with Crippen LogP contribution in [0.3, 0.4) is 0 Å². The maximum absolute atomic E-state index is 11.9. The number of nitrogens with zero attached hydrogens (tertiary/aromatic N) is 3. The van der Waals surface area contributed by atoms with Crippen molar-refractivity contribution < 1.29 is 14.7 Å². The molecule has 7 rings (SSSR count). The van der Waals surface area contributed by atoms with Crippen molar-refractivity contribution in [1.29, 1.82) is 0 Å². The number of carbonyl (C=O) groups excluding carboxylic acids is 2. The summed E-state index contributed by atoms with van der Waals surface area (Å²) >= 11 is 0. The number of H-pyrrole nitrogens is 1. The first-order valence-electron chi connectivity index (χ1n) is 10.1. The molecule has 5 atom stereocenters. The minimum atomic E-state index is -1.06. The summed E-state index contributed by atoms with van der Waals surface area (Å²) in [6.07, 6.45) is 8.17. The quantitative estimate of drug-likeness (QED) is 0.487. The molecule has 0 aromatic carbocycles. The Morgan fingerprint density at radius 3 is 2.69 bits per heavy atom. The predicted octanol–water partition coefficient (Wildman–Crippen LogP) is 1.45. The van der Waals surface area contributed by atoms with Crippen molar-refractivity contribution in [2.75, 3.05) is 5.32 Å². The van der Waals surface area contributed by atoms with E-state index < -0.39 is 17.4 Å². The molecule has 1 unspecified atom stereocenters. The number of hydrogen-bond acceptors (Lipinski definition) is 5. The summed E-state index contributed by atoms with van der Waals surface area (Å²) in [5.41, 5.74) is 6.22. The molecule has 4 fully saturated rings. The lowest BCUT2D eigenvalue weighted by atomic mass is 9.52. The number of hydrogen-bond donors (Lipinski definition) is 4. The molecule has 150 valence electrons. The number of pyridine rings is 1. The van der Waals surface area contributed by atoms with Crippen molar-refractivity contribution in [2.45, 2.75) is 43.7 Å². The molecular formula is C20H22N6O3. The number of nitrogens with one attached hydrogen (secondary N) is 2. The minimum Gasteiger partial charge on any atom is -0.390 e. The lowest BCUT2D eigenvalue weighted by Gasteiger charge is -2.57. The van der Waals surface area contributed by atoms with E-state index in [9.17, 15) is 14.7 Å². The fraction of sp³-hybridized carbons (Fsp3) is 0.500. The molecule has 4 aliphatic carbocycles. The van der Waals surface area contributed by atoms with Gasteiger partial charge in [-0.2, -0.15) is 5.10 Å². The van der Waals surface area contributed by atoms with E-state index >= 15 is 0 Å². The van der Waals surface area contributed by atoms with Crippen molar-refractivity contribution in [2.24, 2.45) is 23.5 Å². The van der Waals surface area contributed by atoms with Gasteiger partial charge in [-0.15, -0.1) is 0 Å². The Hall–Kier alpha value is -2.94. The zero-order valence-corrected chi connectivity index (χ0v) is 15.8. The van der Waals surface area contributed by atoms with E-state index in [4.69, 9.17) is 10.8 Å². The maximum Gasteiger partial charge on any atom is 0.314 e. The van der Waals surface area contributed by atoms with Gasteiger partial charge in [0.2, 0.25) is 0 Å². The molecule has 9 nitrogen and oxygen atoms in total. The van der Waals surface area contributed by atoms with Gasteiger partial charge in [0.25, 0.3) is 0 Å². The highest BCUT2D eigenvalue weighted by Gasteiger charge is 2.55. The Bertz CT molecular complexity index is 1160. The van der Waals surface area contributed by atoms with Crippen molar-refractivity contribution in [3.8, 4) is 0 Å². The van der Waals surface area contributed by atoms with Gasteiger partial charge in [-0.1, -0.05) is 0 Å². The van der Waals surface area contributed by atoms with Crippen molar-refractivity contribution in [3.05, 3.63) is 18.5 Å². The fourth-order valence-electron chi connectivity index (χ4n) is 6.46. The smallest absolute Gasteiger partial charge is 0.314 e. The first-order valence-corrected chi connectivity index (χ1v) is 10.1. The number of aliphatic hydroxyl groups is 1. The summed E-state index contributed by atoms with van der Waals surface area (Å²) < 4.78 is 2.01. The molecule has 3 heterocycles. The number of aromatic amines is 1. The number of anilines is 1. The first kappa shape index (κ1) is 17.0. The van der Waals surface area contributed by atoms with Crippen LogP contribution in [0.15, 0.2) is 18.5 Å². The Balaban J connectivity index is 1.54. The van der Waals surface area contributed by atoms with Gasteiger partial charge >= 0.3 is 11.8 Å². The van der Waals surface area contributed by atoms with Gasteiger partial charge in [-0.3, -0.25) is 14.3 Å². The van der Waals surface area contributed by atoms with Crippen LogP contribution >= 0.6 is 0 Å². The van der Waals surface area contributed by atoms with Gasteiger partial charge in [0.1, 0.15) is 5.65 Å². The molecule has 0 spiro atoms. The van der Waals surface area contributed by atoms with Crippen molar-refractivity contribution >= 4 is 39.6 Å². The molecule has 9 heteroatoms. The fourth-order valence-corrected chi connectivity index (χ4v) is 6.46. The zero-order chi connectivity index (χ0) is 19.9. The minimum absolute atomic E-state index is 0.147. The predicted molar refractivity (Wildman–Crippen MR) is 105 cm³/mol. The Kier molecular flexibility index (Phi) is 3.25. The van der Waals surface area contributed by atoms with Gasteiger partial charge in [0, 0.05) is 17.8 Å². The second-order valence-electron chi connectivity index (χ2n) is 9.06. The summed E-state index contributed by atoms with van der Waals surface area (Å²) in [5, 5.41) is 19.8. The molecule has 4 saturated carbocycles. The molecule has 0 radical (unpaired) electrons. The van der Waals surface area contributed by atoms with Crippen LogP contribution in [0, 0.1) is 17.8 Å². The van der Waals surface area contributed by atoms with Gasteiger partial charge < -0.3 is 21.1 Å². The Labute approximate surface area is 165 Å². The molecule has 5 N–H and O–H groups in total. The maximum atomic E-state index is 11.9. The molecule has 29 heavy (non-hydrogen) atoms. The first-order chi connectivity index (χ1) is 13.9. The van der Waals surface area contributed by atoms with E-state index in [1.54, 1.807) is 6.20 Å². The van der Waals surface area contributed by atoms with Crippen LogP contribution in [0.25, 0.3) is 21.9 Å². The summed E-state index contributed by atoms with van der Waals surface area (Å²) in [5.74, 6) is -0.386. The van der Waals surface area contributed by atoms with Crippen molar-refractivity contribution in [1.82, 2.24) is 19.7 Å². The molecule has 4 bridgehead atoms. The number of fused-ring (bicyclic) bond motifs is 3. The van der Waals surface area contributed by atoms with E-state index in [0.717, 1.165) is 48.7 Å². The summed E-state index contributed by atoms with van der Waals surface area (Å²) in [4.78, 5) is 30.8.